The van der Waals surface area contributed by atoms with Crippen LogP contribution in [-0.4, -0.2) is 0 Å². The molecule has 1 aromatic rings. The van der Waals surface area contributed by atoms with E-state index in [0.717, 1.165) is 6.07 Å². The molecule has 0 heterocycles. The summed E-state index contributed by atoms with van der Waals surface area (Å²) >= 11 is 0. The minimum absolute atomic E-state index is 0.167. The Balaban J connectivity index is 0.000000671. The quantitative estimate of drug-likeness (QED) is 0.619. The lowest BCUT2D eigenvalue weighted by Gasteiger charge is -2.04. The topological polar surface area (TPSA) is 0 Å². The van der Waals surface area contributed by atoms with E-state index < -0.39 is 11.6 Å². The van der Waals surface area contributed by atoms with E-state index in [1.54, 1.807) is 0 Å². The maximum atomic E-state index is 12.5. The molecule has 0 spiro atoms. The maximum absolute atomic E-state index is 12.5. The average molecular weight is 186 g/mol. The molecule has 13 heavy (non-hydrogen) atoms. The Morgan fingerprint density at radius 2 is 1.31 bits per heavy atom. The van der Waals surface area contributed by atoms with Crippen molar-refractivity contribution in [1.82, 2.24) is 0 Å². The van der Waals surface area contributed by atoms with Gasteiger partial charge >= 0.3 is 0 Å². The molecule has 0 saturated heterocycles. The van der Waals surface area contributed by atoms with Crippen molar-refractivity contribution in [1.29, 1.82) is 0 Å². The first-order chi connectivity index (χ1) is 6.09. The van der Waals surface area contributed by atoms with Gasteiger partial charge in [0.25, 0.3) is 0 Å². The van der Waals surface area contributed by atoms with Crippen LogP contribution >= 0.6 is 0 Å². The smallest absolute Gasteiger partial charge is 0.126 e. The second-order valence-corrected chi connectivity index (χ2v) is 2.86. The van der Waals surface area contributed by atoms with Crippen LogP contribution in [0.25, 0.3) is 0 Å². The summed E-state index contributed by atoms with van der Waals surface area (Å²) in [7, 11) is 0. The number of hydrogen-bond acceptors (Lipinski definition) is 0. The van der Waals surface area contributed by atoms with Crippen LogP contribution in [0.4, 0.5) is 8.78 Å². The van der Waals surface area contributed by atoms with E-state index in [9.17, 15) is 8.78 Å². The van der Waals surface area contributed by atoms with Gasteiger partial charge < -0.3 is 0 Å². The van der Waals surface area contributed by atoms with E-state index in [4.69, 9.17) is 0 Å². The molecule has 0 fully saturated rings. The van der Waals surface area contributed by atoms with Gasteiger partial charge in [0.2, 0.25) is 0 Å². The van der Waals surface area contributed by atoms with Crippen molar-refractivity contribution in [3.8, 4) is 0 Å². The first kappa shape index (κ1) is 12.1. The van der Waals surface area contributed by atoms with Crippen molar-refractivity contribution in [3.05, 3.63) is 35.4 Å². The summed E-state index contributed by atoms with van der Waals surface area (Å²) in [5.74, 6) is -0.845. The summed E-state index contributed by atoms with van der Waals surface area (Å²) in [5, 5.41) is 0. The lowest BCUT2D eigenvalue weighted by Crippen LogP contribution is -1.90. The maximum Gasteiger partial charge on any atom is 0.126 e. The number of halogens is 2. The van der Waals surface area contributed by atoms with Crippen LogP contribution in [0.3, 0.4) is 0 Å². The van der Waals surface area contributed by atoms with Gasteiger partial charge in [0.1, 0.15) is 11.6 Å². The summed E-state index contributed by atoms with van der Waals surface area (Å²) in [5.41, 5.74) is 0.697. The fourth-order valence-electron chi connectivity index (χ4n) is 0.908. The van der Waals surface area contributed by atoms with Crippen LogP contribution in [0.5, 0.6) is 0 Å². The standard InChI is InChI=1S/C9H10F2.C2H6/c1-6(2)7-3-8(10)5-9(11)4-7;1-2/h3-6H,1-2H3;1-2H3. The van der Waals surface area contributed by atoms with Gasteiger partial charge in [-0.2, -0.15) is 0 Å². The highest BCUT2D eigenvalue weighted by Crippen LogP contribution is 2.16. The monoisotopic (exact) mass is 186 g/mol. The first-order valence-electron chi connectivity index (χ1n) is 4.55. The average Bonchev–Trinajstić information content (AvgIpc) is 2.06. The molecular weight excluding hydrogens is 170 g/mol. The summed E-state index contributed by atoms with van der Waals surface area (Å²) in [6.07, 6.45) is 0. The molecule has 0 aliphatic carbocycles. The van der Waals surface area contributed by atoms with Crippen LogP contribution in [0.2, 0.25) is 0 Å². The molecule has 0 aliphatic rings. The van der Waals surface area contributed by atoms with Crippen molar-refractivity contribution in [3.63, 3.8) is 0 Å². The largest absolute Gasteiger partial charge is 0.207 e. The van der Waals surface area contributed by atoms with Crippen LogP contribution in [0.1, 0.15) is 39.2 Å². The van der Waals surface area contributed by atoms with E-state index >= 15 is 0 Å². The molecule has 0 atom stereocenters. The van der Waals surface area contributed by atoms with Gasteiger partial charge in [0.05, 0.1) is 0 Å². The van der Waals surface area contributed by atoms with Gasteiger partial charge in [-0.15, -0.1) is 0 Å². The fraction of sp³-hybridized carbons (Fsp3) is 0.455. The molecule has 0 bridgehead atoms. The minimum Gasteiger partial charge on any atom is -0.207 e. The van der Waals surface area contributed by atoms with Gasteiger partial charge in [0, 0.05) is 6.07 Å². The molecule has 0 nitrogen and oxygen atoms in total. The summed E-state index contributed by atoms with van der Waals surface area (Å²) < 4.78 is 25.1. The first-order valence-corrected chi connectivity index (χ1v) is 4.55. The zero-order valence-corrected chi connectivity index (χ0v) is 8.57. The predicted molar refractivity (Wildman–Crippen MR) is 51.8 cm³/mol. The Morgan fingerprint density at radius 1 is 0.923 bits per heavy atom. The molecule has 0 radical (unpaired) electrons. The highest BCUT2D eigenvalue weighted by molar-refractivity contribution is 5.20. The van der Waals surface area contributed by atoms with E-state index in [2.05, 4.69) is 0 Å². The van der Waals surface area contributed by atoms with E-state index in [0.29, 0.717) is 5.56 Å². The van der Waals surface area contributed by atoms with Gasteiger partial charge in [0.15, 0.2) is 0 Å². The van der Waals surface area contributed by atoms with Crippen molar-refractivity contribution in [2.24, 2.45) is 0 Å². The van der Waals surface area contributed by atoms with Crippen LogP contribution in [0, 0.1) is 11.6 Å². The second kappa shape index (κ2) is 5.68. The van der Waals surface area contributed by atoms with Crippen LogP contribution in [0.15, 0.2) is 18.2 Å². The Kier molecular flexibility index (Phi) is 5.28. The third-order valence-electron chi connectivity index (χ3n) is 1.55. The van der Waals surface area contributed by atoms with Crippen molar-refractivity contribution < 1.29 is 8.78 Å². The molecule has 0 aliphatic heterocycles. The van der Waals surface area contributed by atoms with Crippen LogP contribution < -0.4 is 0 Å². The fourth-order valence-corrected chi connectivity index (χ4v) is 0.908. The van der Waals surface area contributed by atoms with E-state index in [1.807, 2.05) is 27.7 Å². The zero-order chi connectivity index (χ0) is 10.4. The normalized spacial score (nSPS) is 9.46. The van der Waals surface area contributed by atoms with Crippen molar-refractivity contribution in [2.45, 2.75) is 33.6 Å². The minimum atomic E-state index is -0.506. The molecule has 0 N–H and O–H groups in total. The molecule has 2 heteroatoms. The number of rotatable bonds is 1. The Morgan fingerprint density at radius 3 is 1.62 bits per heavy atom. The highest BCUT2D eigenvalue weighted by atomic mass is 19.1. The SMILES string of the molecule is CC.CC(C)c1cc(F)cc(F)c1. The summed E-state index contributed by atoms with van der Waals surface area (Å²) in [4.78, 5) is 0. The van der Waals surface area contributed by atoms with Gasteiger partial charge in [-0.05, 0) is 23.6 Å². The molecule has 0 unspecified atom stereocenters. The zero-order valence-electron chi connectivity index (χ0n) is 8.57. The molecule has 0 amide bonds. The summed E-state index contributed by atoms with van der Waals surface area (Å²) in [6, 6.07) is 3.59. The predicted octanol–water partition coefficient (Wildman–Crippen LogP) is 4.11. The van der Waals surface area contributed by atoms with E-state index in [1.165, 1.54) is 12.1 Å². The van der Waals surface area contributed by atoms with E-state index in [-0.39, 0.29) is 5.92 Å². The third kappa shape index (κ3) is 4.02. The molecule has 74 valence electrons. The summed E-state index contributed by atoms with van der Waals surface area (Å²) in [6.45, 7) is 7.79. The van der Waals surface area contributed by atoms with Crippen molar-refractivity contribution in [2.75, 3.05) is 0 Å². The lowest BCUT2D eigenvalue weighted by molar-refractivity contribution is 0.577. The second-order valence-electron chi connectivity index (χ2n) is 2.86. The Hall–Kier alpha value is -0.920. The number of benzene rings is 1. The molecular formula is C11H16F2. The third-order valence-corrected chi connectivity index (χ3v) is 1.55. The highest BCUT2D eigenvalue weighted by Gasteiger charge is 2.02. The Bertz CT molecular complexity index is 234. The number of hydrogen-bond donors (Lipinski definition) is 0. The van der Waals surface area contributed by atoms with Crippen molar-refractivity contribution >= 4 is 0 Å². The Labute approximate surface area is 78.6 Å². The van der Waals surface area contributed by atoms with Gasteiger partial charge in [-0.3, -0.25) is 0 Å². The lowest BCUT2D eigenvalue weighted by atomic mass is 10.0. The van der Waals surface area contributed by atoms with Gasteiger partial charge in [-0.1, -0.05) is 27.7 Å². The molecule has 1 rings (SSSR count). The molecule has 0 saturated carbocycles. The molecule has 1 aromatic carbocycles. The molecule has 0 aromatic heterocycles. The van der Waals surface area contributed by atoms with Gasteiger partial charge in [-0.25, -0.2) is 8.78 Å². The van der Waals surface area contributed by atoms with Crippen LogP contribution in [-0.2, 0) is 0 Å².